The maximum absolute atomic E-state index is 11.1. The molecular formula is C14H11N3O3. The molecule has 0 aliphatic heterocycles. The molecule has 0 saturated carbocycles. The summed E-state index contributed by atoms with van der Waals surface area (Å²) >= 11 is 0. The summed E-state index contributed by atoms with van der Waals surface area (Å²) in [7, 11) is 1.62. The largest absolute Gasteiger partial charge is 0.477 e. The van der Waals surface area contributed by atoms with Gasteiger partial charge < -0.3 is 14.8 Å². The Kier molecular flexibility index (Phi) is 2.83. The Morgan fingerprint density at radius 2 is 2.15 bits per heavy atom. The average Bonchev–Trinajstić information content (AvgIpc) is 2.90. The SMILES string of the molecule is CNc1nc(-c2coc3ccccc23)ncc1C(=O)O. The number of carboxylic acids is 1. The lowest BCUT2D eigenvalue weighted by Crippen LogP contribution is -2.06. The topological polar surface area (TPSA) is 88.3 Å². The Morgan fingerprint density at radius 3 is 2.90 bits per heavy atom. The van der Waals surface area contributed by atoms with E-state index in [0.29, 0.717) is 5.82 Å². The summed E-state index contributed by atoms with van der Waals surface area (Å²) in [6, 6.07) is 7.53. The summed E-state index contributed by atoms with van der Waals surface area (Å²) in [6.07, 6.45) is 2.86. The fourth-order valence-corrected chi connectivity index (χ4v) is 2.01. The lowest BCUT2D eigenvalue weighted by atomic mass is 10.1. The van der Waals surface area contributed by atoms with Crippen LogP contribution in [0, 0.1) is 0 Å². The third kappa shape index (κ3) is 1.87. The molecule has 100 valence electrons. The number of benzene rings is 1. The number of nitrogens with zero attached hydrogens (tertiary/aromatic N) is 2. The maximum Gasteiger partial charge on any atom is 0.341 e. The molecule has 0 aliphatic rings. The van der Waals surface area contributed by atoms with Gasteiger partial charge in [0.05, 0.1) is 5.56 Å². The van der Waals surface area contributed by atoms with Crippen molar-refractivity contribution in [1.82, 2.24) is 9.97 Å². The number of carbonyl (C=O) groups is 1. The zero-order valence-corrected chi connectivity index (χ0v) is 10.6. The van der Waals surface area contributed by atoms with Crippen LogP contribution in [0.15, 0.2) is 41.1 Å². The standard InChI is InChI=1S/C14H11N3O3/c1-15-12-9(14(18)19)6-16-13(17-12)10-7-20-11-5-3-2-4-8(10)11/h2-7H,1H3,(H,18,19)(H,15,16,17). The van der Waals surface area contributed by atoms with Gasteiger partial charge in [-0.15, -0.1) is 0 Å². The Hall–Kier alpha value is -2.89. The van der Waals surface area contributed by atoms with Gasteiger partial charge in [0.2, 0.25) is 0 Å². The molecule has 6 heteroatoms. The number of aromatic carboxylic acids is 1. The van der Waals surface area contributed by atoms with Crippen molar-refractivity contribution in [3.05, 3.63) is 42.3 Å². The van der Waals surface area contributed by atoms with Crippen LogP contribution < -0.4 is 5.32 Å². The second-order valence-electron chi connectivity index (χ2n) is 4.16. The Bertz CT molecular complexity index is 795. The lowest BCUT2D eigenvalue weighted by molar-refractivity contribution is 0.0697. The number of anilines is 1. The highest BCUT2D eigenvalue weighted by Crippen LogP contribution is 2.29. The number of nitrogens with one attached hydrogen (secondary N) is 1. The highest BCUT2D eigenvalue weighted by Gasteiger charge is 2.15. The van der Waals surface area contributed by atoms with E-state index in [1.54, 1.807) is 13.3 Å². The summed E-state index contributed by atoms with van der Waals surface area (Å²) in [6.45, 7) is 0. The quantitative estimate of drug-likeness (QED) is 0.759. The molecule has 0 spiro atoms. The van der Waals surface area contributed by atoms with Crippen molar-refractivity contribution in [2.45, 2.75) is 0 Å². The van der Waals surface area contributed by atoms with E-state index >= 15 is 0 Å². The van der Waals surface area contributed by atoms with E-state index in [2.05, 4.69) is 15.3 Å². The molecule has 0 saturated heterocycles. The average molecular weight is 269 g/mol. The molecular weight excluding hydrogens is 258 g/mol. The van der Waals surface area contributed by atoms with Crippen LogP contribution in [0.25, 0.3) is 22.4 Å². The first-order valence-corrected chi connectivity index (χ1v) is 5.95. The van der Waals surface area contributed by atoms with Crippen molar-refractivity contribution in [3.63, 3.8) is 0 Å². The third-order valence-corrected chi connectivity index (χ3v) is 2.98. The van der Waals surface area contributed by atoms with E-state index in [0.717, 1.165) is 16.5 Å². The molecule has 3 rings (SSSR count). The monoisotopic (exact) mass is 269 g/mol. The van der Waals surface area contributed by atoms with Gasteiger partial charge in [0.1, 0.15) is 23.2 Å². The van der Waals surface area contributed by atoms with Gasteiger partial charge in [-0.25, -0.2) is 14.8 Å². The molecule has 0 fully saturated rings. The van der Waals surface area contributed by atoms with Crippen LogP contribution in [-0.4, -0.2) is 28.1 Å². The fraction of sp³-hybridized carbons (Fsp3) is 0.0714. The first kappa shape index (κ1) is 12.2. The number of hydrogen-bond donors (Lipinski definition) is 2. The molecule has 0 bridgehead atoms. The molecule has 0 amide bonds. The van der Waals surface area contributed by atoms with E-state index in [4.69, 9.17) is 9.52 Å². The van der Waals surface area contributed by atoms with E-state index in [1.807, 2.05) is 24.3 Å². The van der Waals surface area contributed by atoms with Gasteiger partial charge in [-0.3, -0.25) is 0 Å². The van der Waals surface area contributed by atoms with Crippen molar-refractivity contribution >= 4 is 22.8 Å². The Labute approximate surface area is 114 Å². The molecule has 1 aromatic carbocycles. The molecule has 0 atom stereocenters. The first-order chi connectivity index (χ1) is 9.70. The zero-order chi connectivity index (χ0) is 14.1. The van der Waals surface area contributed by atoms with E-state index in [-0.39, 0.29) is 11.4 Å². The van der Waals surface area contributed by atoms with Gasteiger partial charge in [0, 0.05) is 18.6 Å². The van der Waals surface area contributed by atoms with E-state index in [9.17, 15) is 4.79 Å². The van der Waals surface area contributed by atoms with E-state index in [1.165, 1.54) is 6.20 Å². The Morgan fingerprint density at radius 1 is 1.35 bits per heavy atom. The molecule has 2 aromatic heterocycles. The highest BCUT2D eigenvalue weighted by atomic mass is 16.4. The van der Waals surface area contributed by atoms with Crippen LogP contribution in [0.3, 0.4) is 0 Å². The highest BCUT2D eigenvalue weighted by molar-refractivity contribution is 5.95. The maximum atomic E-state index is 11.1. The van der Waals surface area contributed by atoms with Crippen LogP contribution in [0.2, 0.25) is 0 Å². The van der Waals surface area contributed by atoms with Gasteiger partial charge >= 0.3 is 5.97 Å². The molecule has 20 heavy (non-hydrogen) atoms. The molecule has 3 aromatic rings. The van der Waals surface area contributed by atoms with Gasteiger partial charge in [-0.2, -0.15) is 0 Å². The summed E-state index contributed by atoms with van der Waals surface area (Å²) in [4.78, 5) is 19.4. The third-order valence-electron chi connectivity index (χ3n) is 2.98. The number of para-hydroxylation sites is 1. The normalized spacial score (nSPS) is 10.7. The van der Waals surface area contributed by atoms with E-state index < -0.39 is 5.97 Å². The molecule has 0 radical (unpaired) electrons. The van der Waals surface area contributed by atoms with Crippen LogP contribution in [-0.2, 0) is 0 Å². The zero-order valence-electron chi connectivity index (χ0n) is 10.6. The second kappa shape index (κ2) is 4.65. The number of rotatable bonds is 3. The number of aromatic nitrogens is 2. The summed E-state index contributed by atoms with van der Waals surface area (Å²) in [5, 5.41) is 12.7. The predicted octanol–water partition coefficient (Wildman–Crippen LogP) is 2.63. The first-order valence-electron chi connectivity index (χ1n) is 5.95. The predicted molar refractivity (Wildman–Crippen MR) is 73.7 cm³/mol. The number of hydrogen-bond acceptors (Lipinski definition) is 5. The minimum atomic E-state index is -1.07. The van der Waals surface area contributed by atoms with Crippen molar-refractivity contribution in [3.8, 4) is 11.4 Å². The lowest BCUT2D eigenvalue weighted by Gasteiger charge is -2.05. The summed E-state index contributed by atoms with van der Waals surface area (Å²) < 4.78 is 5.44. The minimum Gasteiger partial charge on any atom is -0.477 e. The number of carboxylic acid groups (broad SMARTS) is 1. The van der Waals surface area contributed by atoms with Crippen molar-refractivity contribution in [2.24, 2.45) is 0 Å². The van der Waals surface area contributed by atoms with Gasteiger partial charge in [-0.05, 0) is 6.07 Å². The van der Waals surface area contributed by atoms with Gasteiger partial charge in [-0.1, -0.05) is 18.2 Å². The van der Waals surface area contributed by atoms with Gasteiger partial charge in [0.25, 0.3) is 0 Å². The molecule has 0 aliphatic carbocycles. The molecule has 2 N–H and O–H groups in total. The fourth-order valence-electron chi connectivity index (χ4n) is 2.01. The van der Waals surface area contributed by atoms with Crippen LogP contribution >= 0.6 is 0 Å². The Balaban J connectivity index is 2.17. The smallest absolute Gasteiger partial charge is 0.341 e. The second-order valence-corrected chi connectivity index (χ2v) is 4.16. The van der Waals surface area contributed by atoms with Crippen molar-refractivity contribution < 1.29 is 14.3 Å². The van der Waals surface area contributed by atoms with Crippen LogP contribution in [0.1, 0.15) is 10.4 Å². The van der Waals surface area contributed by atoms with Crippen LogP contribution in [0.5, 0.6) is 0 Å². The van der Waals surface area contributed by atoms with Crippen molar-refractivity contribution in [2.75, 3.05) is 12.4 Å². The number of fused-ring (bicyclic) bond motifs is 1. The van der Waals surface area contributed by atoms with Crippen LogP contribution in [0.4, 0.5) is 5.82 Å². The molecule has 6 nitrogen and oxygen atoms in total. The van der Waals surface area contributed by atoms with Crippen molar-refractivity contribution in [1.29, 1.82) is 0 Å². The number of furan rings is 1. The molecule has 2 heterocycles. The summed E-state index contributed by atoms with van der Waals surface area (Å²) in [5.74, 6) is -0.380. The van der Waals surface area contributed by atoms with Gasteiger partial charge in [0.15, 0.2) is 5.82 Å². The minimum absolute atomic E-state index is 0.0315. The summed E-state index contributed by atoms with van der Waals surface area (Å²) in [5.41, 5.74) is 1.50. The molecule has 0 unspecified atom stereocenters.